The highest BCUT2D eigenvalue weighted by atomic mass is 32.2. The van der Waals surface area contributed by atoms with Crippen molar-refractivity contribution in [2.75, 3.05) is 6.54 Å². The zero-order valence-corrected chi connectivity index (χ0v) is 12.7. The van der Waals surface area contributed by atoms with Crippen LogP contribution in [-0.2, 0) is 23.3 Å². The first kappa shape index (κ1) is 15.4. The molecule has 1 saturated heterocycles. The van der Waals surface area contributed by atoms with E-state index in [2.05, 4.69) is 4.72 Å². The first-order valence-electron chi connectivity index (χ1n) is 7.07. The second-order valence-corrected chi connectivity index (χ2v) is 7.01. The van der Waals surface area contributed by atoms with Gasteiger partial charge in [0.25, 0.3) is 10.2 Å². The quantitative estimate of drug-likeness (QED) is 0.861. The van der Waals surface area contributed by atoms with Gasteiger partial charge in [-0.05, 0) is 30.9 Å². The van der Waals surface area contributed by atoms with Crippen LogP contribution in [0.5, 0.6) is 0 Å². The van der Waals surface area contributed by atoms with Crippen molar-refractivity contribution >= 4 is 10.2 Å². The van der Waals surface area contributed by atoms with E-state index in [9.17, 15) is 8.42 Å². The van der Waals surface area contributed by atoms with Crippen LogP contribution >= 0.6 is 0 Å². The van der Waals surface area contributed by atoms with Gasteiger partial charge >= 0.3 is 0 Å². The van der Waals surface area contributed by atoms with Crippen LogP contribution in [0.2, 0.25) is 0 Å². The van der Waals surface area contributed by atoms with Crippen LogP contribution in [0.3, 0.4) is 0 Å². The molecule has 0 saturated carbocycles. The predicted molar refractivity (Wildman–Crippen MR) is 80.1 cm³/mol. The van der Waals surface area contributed by atoms with Crippen LogP contribution in [0.25, 0.3) is 0 Å². The number of piperidine rings is 1. The van der Waals surface area contributed by atoms with E-state index < -0.39 is 10.2 Å². The third kappa shape index (κ3) is 3.79. The average molecular weight is 297 g/mol. The number of hydrogen-bond acceptors (Lipinski definition) is 3. The van der Waals surface area contributed by atoms with Gasteiger partial charge in [-0.15, -0.1) is 0 Å². The molecule has 0 bridgehead atoms. The van der Waals surface area contributed by atoms with Crippen molar-refractivity contribution in [2.45, 2.75) is 45.3 Å². The highest BCUT2D eigenvalue weighted by molar-refractivity contribution is 7.87. The summed E-state index contributed by atoms with van der Waals surface area (Å²) in [7, 11) is -3.40. The maximum atomic E-state index is 12.3. The maximum Gasteiger partial charge on any atom is 0.279 e. The fourth-order valence-electron chi connectivity index (χ4n) is 2.55. The summed E-state index contributed by atoms with van der Waals surface area (Å²) in [6, 6.07) is 7.75. The summed E-state index contributed by atoms with van der Waals surface area (Å²) in [5.41, 5.74) is 7.53. The third-order valence-electron chi connectivity index (χ3n) is 3.74. The van der Waals surface area contributed by atoms with Crippen molar-refractivity contribution < 1.29 is 8.42 Å². The normalized spacial score (nSPS) is 21.0. The lowest BCUT2D eigenvalue weighted by molar-refractivity contribution is 0.265. The Morgan fingerprint density at radius 2 is 2.10 bits per heavy atom. The van der Waals surface area contributed by atoms with Gasteiger partial charge in [-0.2, -0.15) is 17.4 Å². The standard InChI is InChI=1S/C14H23N3O2S/c1-12-5-2-3-8-17(12)20(18,19)16-11-14-7-4-6-13(9-14)10-15/h4,6-7,9,12,16H,2-3,5,8,10-11,15H2,1H3. The van der Waals surface area contributed by atoms with E-state index >= 15 is 0 Å². The molecule has 20 heavy (non-hydrogen) atoms. The third-order valence-corrected chi connectivity index (χ3v) is 5.41. The Balaban J connectivity index is 2.01. The number of nitrogens with one attached hydrogen (secondary N) is 1. The Hall–Kier alpha value is -0.950. The van der Waals surface area contributed by atoms with Gasteiger partial charge in [0.1, 0.15) is 0 Å². The average Bonchev–Trinajstić information content (AvgIpc) is 2.46. The molecular formula is C14H23N3O2S. The fourth-order valence-corrected chi connectivity index (χ4v) is 4.02. The molecule has 0 aliphatic carbocycles. The lowest BCUT2D eigenvalue weighted by atomic mass is 10.1. The highest BCUT2D eigenvalue weighted by Crippen LogP contribution is 2.19. The van der Waals surface area contributed by atoms with E-state index in [1.807, 2.05) is 31.2 Å². The van der Waals surface area contributed by atoms with E-state index in [4.69, 9.17) is 5.73 Å². The molecule has 1 aliphatic heterocycles. The lowest BCUT2D eigenvalue weighted by Crippen LogP contribution is -2.47. The van der Waals surface area contributed by atoms with Crippen molar-refractivity contribution in [3.63, 3.8) is 0 Å². The number of benzene rings is 1. The van der Waals surface area contributed by atoms with Gasteiger partial charge < -0.3 is 5.73 Å². The largest absolute Gasteiger partial charge is 0.326 e. The van der Waals surface area contributed by atoms with Crippen molar-refractivity contribution in [3.05, 3.63) is 35.4 Å². The van der Waals surface area contributed by atoms with E-state index in [-0.39, 0.29) is 6.04 Å². The van der Waals surface area contributed by atoms with Crippen molar-refractivity contribution in [2.24, 2.45) is 5.73 Å². The molecule has 3 N–H and O–H groups in total. The van der Waals surface area contributed by atoms with Crippen LogP contribution < -0.4 is 10.5 Å². The molecule has 1 unspecified atom stereocenters. The minimum atomic E-state index is -3.40. The Morgan fingerprint density at radius 1 is 1.35 bits per heavy atom. The summed E-state index contributed by atoms with van der Waals surface area (Å²) in [4.78, 5) is 0. The molecule has 0 aromatic heterocycles. The summed E-state index contributed by atoms with van der Waals surface area (Å²) < 4.78 is 28.9. The monoisotopic (exact) mass is 297 g/mol. The van der Waals surface area contributed by atoms with Crippen molar-refractivity contribution in [1.29, 1.82) is 0 Å². The molecule has 0 spiro atoms. The van der Waals surface area contributed by atoms with E-state index in [0.29, 0.717) is 19.6 Å². The van der Waals surface area contributed by atoms with Gasteiger partial charge in [-0.25, -0.2) is 0 Å². The van der Waals surface area contributed by atoms with Crippen LogP contribution in [0, 0.1) is 0 Å². The minimum Gasteiger partial charge on any atom is -0.326 e. The molecule has 112 valence electrons. The molecule has 1 heterocycles. The van der Waals surface area contributed by atoms with Gasteiger partial charge in [0.05, 0.1) is 0 Å². The van der Waals surface area contributed by atoms with E-state index in [1.54, 1.807) is 4.31 Å². The topological polar surface area (TPSA) is 75.4 Å². The first-order valence-corrected chi connectivity index (χ1v) is 8.51. The fraction of sp³-hybridized carbons (Fsp3) is 0.571. The van der Waals surface area contributed by atoms with E-state index in [0.717, 1.165) is 30.4 Å². The van der Waals surface area contributed by atoms with E-state index in [1.165, 1.54) is 0 Å². The summed E-state index contributed by atoms with van der Waals surface area (Å²) in [6.07, 6.45) is 2.98. The van der Waals surface area contributed by atoms with Gasteiger partial charge in [0.15, 0.2) is 0 Å². The SMILES string of the molecule is CC1CCCCN1S(=O)(=O)NCc1cccc(CN)c1. The number of rotatable bonds is 5. The van der Waals surface area contributed by atoms with Gasteiger partial charge in [-0.3, -0.25) is 0 Å². The van der Waals surface area contributed by atoms with Crippen molar-refractivity contribution in [3.8, 4) is 0 Å². The smallest absolute Gasteiger partial charge is 0.279 e. The molecule has 0 radical (unpaired) electrons. The van der Waals surface area contributed by atoms with Crippen LogP contribution in [-0.4, -0.2) is 25.3 Å². The second-order valence-electron chi connectivity index (χ2n) is 5.31. The zero-order valence-electron chi connectivity index (χ0n) is 11.9. The van der Waals surface area contributed by atoms with Crippen LogP contribution in [0.1, 0.15) is 37.3 Å². The molecule has 0 amide bonds. The Morgan fingerprint density at radius 3 is 2.80 bits per heavy atom. The maximum absolute atomic E-state index is 12.3. The number of hydrogen-bond donors (Lipinski definition) is 2. The van der Waals surface area contributed by atoms with Gasteiger partial charge in [0, 0.05) is 25.7 Å². The van der Waals surface area contributed by atoms with Crippen LogP contribution in [0.4, 0.5) is 0 Å². The summed E-state index contributed by atoms with van der Waals surface area (Å²) in [5.74, 6) is 0. The van der Waals surface area contributed by atoms with Gasteiger partial charge in [0.2, 0.25) is 0 Å². The Kier molecular flexibility index (Phi) is 5.15. The lowest BCUT2D eigenvalue weighted by Gasteiger charge is -2.32. The first-order chi connectivity index (χ1) is 9.53. The Labute approximate surface area is 121 Å². The number of nitrogens with zero attached hydrogens (tertiary/aromatic N) is 1. The molecule has 6 heteroatoms. The zero-order chi connectivity index (χ0) is 14.6. The van der Waals surface area contributed by atoms with Gasteiger partial charge in [-0.1, -0.05) is 30.7 Å². The minimum absolute atomic E-state index is 0.0802. The Bertz CT molecular complexity index is 545. The molecule has 1 aromatic carbocycles. The molecule has 5 nitrogen and oxygen atoms in total. The highest BCUT2D eigenvalue weighted by Gasteiger charge is 2.28. The summed E-state index contributed by atoms with van der Waals surface area (Å²) in [6.45, 7) is 3.34. The second kappa shape index (κ2) is 6.67. The molecule has 1 atom stereocenters. The summed E-state index contributed by atoms with van der Waals surface area (Å²) >= 11 is 0. The van der Waals surface area contributed by atoms with Crippen LogP contribution in [0.15, 0.2) is 24.3 Å². The summed E-state index contributed by atoms with van der Waals surface area (Å²) in [5, 5.41) is 0. The number of nitrogens with two attached hydrogens (primary N) is 1. The molecule has 1 aliphatic rings. The van der Waals surface area contributed by atoms with Crippen molar-refractivity contribution in [1.82, 2.24) is 9.03 Å². The predicted octanol–water partition coefficient (Wildman–Crippen LogP) is 1.35. The molecule has 1 fully saturated rings. The molecule has 2 rings (SSSR count). The molecule has 1 aromatic rings. The molecular weight excluding hydrogens is 274 g/mol.